The Morgan fingerprint density at radius 1 is 0.824 bits per heavy atom. The lowest BCUT2D eigenvalue weighted by atomic mass is 9.70. The van der Waals surface area contributed by atoms with Crippen LogP contribution in [0.3, 0.4) is 0 Å². The fourth-order valence-corrected chi connectivity index (χ4v) is 8.65. The van der Waals surface area contributed by atoms with Crippen molar-refractivity contribution >= 4 is 46.1 Å². The van der Waals surface area contributed by atoms with Crippen LogP contribution in [-0.4, -0.2) is 29.9 Å². The van der Waals surface area contributed by atoms with E-state index in [-0.39, 0.29) is 25.2 Å². The third-order valence-electron chi connectivity index (χ3n) is 6.53. The molecule has 0 spiro atoms. The molecule has 0 bridgehead atoms. The molecule has 0 aromatic heterocycles. The molecule has 0 saturated heterocycles. The Morgan fingerprint density at radius 3 is 1.71 bits per heavy atom. The normalized spacial score (nSPS) is 18.2. The Morgan fingerprint density at radius 2 is 1.29 bits per heavy atom. The zero-order valence-electron chi connectivity index (χ0n) is 19.4. The molecule has 0 amide bonds. The molecule has 3 aromatic carbocycles. The Hall–Kier alpha value is -3.23. The number of carbonyl (C=O) groups excluding carboxylic acids is 3. The van der Waals surface area contributed by atoms with Gasteiger partial charge in [-0.25, -0.2) is 0 Å². The van der Waals surface area contributed by atoms with E-state index in [9.17, 15) is 14.4 Å². The largest absolute Gasteiger partial charge is 0.465 e. The molecule has 174 valence electrons. The van der Waals surface area contributed by atoms with E-state index in [1.165, 1.54) is 0 Å². The molecular weight excluding hydrogens is 443 g/mol. The Bertz CT molecular complexity index is 1120. The fourth-order valence-electron chi connectivity index (χ4n) is 4.81. The number of hydrogen-bond acceptors (Lipinski definition) is 4. The van der Waals surface area contributed by atoms with Gasteiger partial charge in [-0.3, -0.25) is 14.4 Å². The van der Waals surface area contributed by atoms with Gasteiger partial charge in [0.25, 0.3) is 0 Å². The van der Waals surface area contributed by atoms with Crippen molar-refractivity contribution in [1.82, 2.24) is 0 Å². The summed E-state index contributed by atoms with van der Waals surface area (Å²) in [5, 5.41) is 2.97. The van der Waals surface area contributed by atoms with Gasteiger partial charge in [-0.2, -0.15) is 0 Å². The van der Waals surface area contributed by atoms with Gasteiger partial charge < -0.3 is 4.74 Å². The maximum Gasteiger partial charge on any atom is 0.327 e. The van der Waals surface area contributed by atoms with E-state index in [0.29, 0.717) is 12.8 Å². The number of ether oxygens (including phenoxy) is 1. The number of benzene rings is 3. The first-order valence-electron chi connectivity index (χ1n) is 11.7. The van der Waals surface area contributed by atoms with Gasteiger partial charge >= 0.3 is 5.97 Å². The predicted molar refractivity (Wildman–Crippen MR) is 139 cm³/mol. The standard InChI is InChI=1S/C29H29O4P/c1-2-33-28(32)29(21-13-12-20-26(29)30)27(31)22-34(23-14-6-3-7-15-23,24-16-8-4-9-17-24)25-18-10-5-11-19-25/h3-11,14-19,22H,2,12-13,20-21H2,1H3/t29-/m0/s1. The minimum atomic E-state index is -2.64. The Balaban J connectivity index is 2.06. The molecular formula is C29H29O4P. The average Bonchev–Trinajstić information content (AvgIpc) is 2.89. The summed E-state index contributed by atoms with van der Waals surface area (Å²) in [5.41, 5.74) is -1.77. The quantitative estimate of drug-likeness (QED) is 0.296. The van der Waals surface area contributed by atoms with Crippen LogP contribution in [0.25, 0.3) is 0 Å². The fraction of sp³-hybridized carbons (Fsp3) is 0.241. The molecule has 1 saturated carbocycles. The lowest BCUT2D eigenvalue weighted by Gasteiger charge is -2.34. The lowest BCUT2D eigenvalue weighted by Crippen LogP contribution is -2.50. The van der Waals surface area contributed by atoms with E-state index in [0.717, 1.165) is 15.9 Å². The first kappa shape index (κ1) is 23.9. The van der Waals surface area contributed by atoms with E-state index < -0.39 is 24.1 Å². The Kier molecular flexibility index (Phi) is 7.29. The third kappa shape index (κ3) is 4.19. The van der Waals surface area contributed by atoms with Crippen molar-refractivity contribution in [2.45, 2.75) is 32.6 Å². The van der Waals surface area contributed by atoms with Crippen LogP contribution in [0.4, 0.5) is 0 Å². The zero-order chi connectivity index (χ0) is 24.0. The number of Topliss-reactive ketones (excluding diaryl/α,β-unsaturated/α-hetero) is 2. The van der Waals surface area contributed by atoms with Crippen LogP contribution in [-0.2, 0) is 19.1 Å². The minimum absolute atomic E-state index is 0.123. The van der Waals surface area contributed by atoms with Crippen molar-refractivity contribution in [2.75, 3.05) is 6.61 Å². The molecule has 0 radical (unpaired) electrons. The molecule has 1 aliphatic carbocycles. The van der Waals surface area contributed by atoms with Crippen molar-refractivity contribution in [1.29, 1.82) is 0 Å². The number of hydrogen-bond donors (Lipinski definition) is 0. The highest BCUT2D eigenvalue weighted by Gasteiger charge is 2.53. The van der Waals surface area contributed by atoms with E-state index in [1.807, 2.05) is 91.0 Å². The predicted octanol–water partition coefficient (Wildman–Crippen LogP) is 4.04. The topological polar surface area (TPSA) is 60.4 Å². The number of esters is 1. The summed E-state index contributed by atoms with van der Waals surface area (Å²) in [6.07, 6.45) is 1.73. The van der Waals surface area contributed by atoms with Gasteiger partial charge in [-0.05, 0) is 48.4 Å². The second-order valence-corrected chi connectivity index (χ2v) is 11.7. The number of ketones is 2. The van der Waals surface area contributed by atoms with Crippen molar-refractivity contribution in [3.63, 3.8) is 0 Å². The van der Waals surface area contributed by atoms with Crippen molar-refractivity contribution in [2.24, 2.45) is 5.41 Å². The van der Waals surface area contributed by atoms with Crippen molar-refractivity contribution in [3.8, 4) is 0 Å². The Labute approximate surface area is 200 Å². The van der Waals surface area contributed by atoms with Crippen LogP contribution >= 0.6 is 6.89 Å². The monoisotopic (exact) mass is 472 g/mol. The van der Waals surface area contributed by atoms with Crippen molar-refractivity contribution < 1.29 is 19.1 Å². The molecule has 0 heterocycles. The summed E-state index contributed by atoms with van der Waals surface area (Å²) in [4.78, 5) is 40.7. The first-order valence-corrected chi connectivity index (χ1v) is 13.6. The second kappa shape index (κ2) is 10.4. The van der Waals surface area contributed by atoms with Crippen LogP contribution in [0.5, 0.6) is 0 Å². The summed E-state index contributed by atoms with van der Waals surface area (Å²) < 4.78 is 5.32. The zero-order valence-corrected chi connectivity index (χ0v) is 20.2. The van der Waals surface area contributed by atoms with Crippen LogP contribution in [0.2, 0.25) is 0 Å². The molecule has 1 aliphatic rings. The summed E-state index contributed by atoms with van der Waals surface area (Å²) in [6, 6.07) is 29.7. The summed E-state index contributed by atoms with van der Waals surface area (Å²) in [7, 11) is 0. The van der Waals surface area contributed by atoms with Crippen LogP contribution in [0.1, 0.15) is 32.6 Å². The summed E-state index contributed by atoms with van der Waals surface area (Å²) in [5.74, 6) is 0.215. The SMILES string of the molecule is CCOC(=O)[C@@]1(C(=O)C=P(c2ccccc2)(c2ccccc2)c2ccccc2)CCCCC1=O. The van der Waals surface area contributed by atoms with Crippen molar-refractivity contribution in [3.05, 3.63) is 91.0 Å². The van der Waals surface area contributed by atoms with Gasteiger partial charge in [0.2, 0.25) is 0 Å². The van der Waals surface area contributed by atoms with Gasteiger partial charge in [-0.1, -0.05) is 97.4 Å². The second-order valence-electron chi connectivity index (χ2n) is 8.48. The smallest absolute Gasteiger partial charge is 0.327 e. The lowest BCUT2D eigenvalue weighted by molar-refractivity contribution is -0.164. The molecule has 4 nitrogen and oxygen atoms in total. The molecule has 1 atom stereocenters. The van der Waals surface area contributed by atoms with Crippen LogP contribution < -0.4 is 15.9 Å². The highest BCUT2D eigenvalue weighted by atomic mass is 31.2. The molecule has 4 rings (SSSR count). The van der Waals surface area contributed by atoms with E-state index >= 15 is 0 Å². The molecule has 1 fully saturated rings. The van der Waals surface area contributed by atoms with E-state index in [1.54, 1.807) is 12.7 Å². The van der Waals surface area contributed by atoms with Crippen LogP contribution in [0, 0.1) is 5.41 Å². The van der Waals surface area contributed by atoms with Gasteiger partial charge in [0.15, 0.2) is 17.0 Å². The van der Waals surface area contributed by atoms with E-state index in [2.05, 4.69) is 0 Å². The van der Waals surface area contributed by atoms with Gasteiger partial charge in [0.1, 0.15) is 0 Å². The number of rotatable bonds is 7. The molecule has 0 N–H and O–H groups in total. The minimum Gasteiger partial charge on any atom is -0.465 e. The highest BCUT2D eigenvalue weighted by molar-refractivity contribution is 7.95. The van der Waals surface area contributed by atoms with Gasteiger partial charge in [0.05, 0.1) is 6.61 Å². The molecule has 5 heteroatoms. The molecule has 0 unspecified atom stereocenters. The number of carbonyl (C=O) groups is 3. The maximum atomic E-state index is 14.2. The summed E-state index contributed by atoms with van der Waals surface area (Å²) in [6.45, 7) is -0.819. The molecule has 34 heavy (non-hydrogen) atoms. The van der Waals surface area contributed by atoms with Crippen LogP contribution in [0.15, 0.2) is 91.0 Å². The van der Waals surface area contributed by atoms with E-state index in [4.69, 9.17) is 4.74 Å². The first-order chi connectivity index (χ1) is 16.6. The maximum absolute atomic E-state index is 14.2. The summed E-state index contributed by atoms with van der Waals surface area (Å²) >= 11 is 0. The van der Waals surface area contributed by atoms with Gasteiger partial charge in [0, 0.05) is 6.42 Å². The third-order valence-corrected chi connectivity index (χ3v) is 10.5. The van der Waals surface area contributed by atoms with Gasteiger partial charge in [-0.15, -0.1) is 0 Å². The molecule has 3 aromatic rings. The highest BCUT2D eigenvalue weighted by Crippen LogP contribution is 2.46. The molecule has 0 aliphatic heterocycles. The average molecular weight is 473 g/mol.